The van der Waals surface area contributed by atoms with E-state index in [-0.39, 0.29) is 5.91 Å². The van der Waals surface area contributed by atoms with Gasteiger partial charge in [0, 0.05) is 12.1 Å². The minimum atomic E-state index is 0.0345. The molecule has 2 nitrogen and oxygen atoms in total. The van der Waals surface area contributed by atoms with Gasteiger partial charge in [0.15, 0.2) is 0 Å². The van der Waals surface area contributed by atoms with Crippen LogP contribution in [0.3, 0.4) is 0 Å². The van der Waals surface area contributed by atoms with E-state index in [1.54, 1.807) is 0 Å². The van der Waals surface area contributed by atoms with Crippen molar-refractivity contribution in [3.05, 3.63) is 41.0 Å². The minimum absolute atomic E-state index is 0.0345. The first-order valence-electron chi connectivity index (χ1n) is 6.59. The molecule has 0 radical (unpaired) electrons. The van der Waals surface area contributed by atoms with Crippen molar-refractivity contribution >= 4 is 11.5 Å². The van der Waals surface area contributed by atoms with Gasteiger partial charge in [0.1, 0.15) is 0 Å². The van der Waals surface area contributed by atoms with Crippen LogP contribution < -0.4 is 5.32 Å². The molecule has 0 heterocycles. The van der Waals surface area contributed by atoms with Crippen LogP contribution in [0.4, 0.5) is 0 Å². The Bertz CT molecular complexity index is 425. The molecule has 1 amide bonds. The smallest absolute Gasteiger partial charge is 0.251 e. The lowest BCUT2D eigenvalue weighted by molar-refractivity contribution is -0.115. The van der Waals surface area contributed by atoms with Crippen LogP contribution >= 0.6 is 0 Å². The van der Waals surface area contributed by atoms with E-state index < -0.39 is 0 Å². The van der Waals surface area contributed by atoms with E-state index in [9.17, 15) is 4.79 Å². The first kappa shape index (κ1) is 14.5. The molecule has 0 aromatic heterocycles. The first-order chi connectivity index (χ1) is 8.56. The topological polar surface area (TPSA) is 29.1 Å². The number of rotatable bonds is 5. The number of allylic oxidation sites excluding steroid dienone is 1. The molecule has 2 heteroatoms. The zero-order chi connectivity index (χ0) is 13.5. The summed E-state index contributed by atoms with van der Waals surface area (Å²) in [4.78, 5) is 12.2. The average molecular weight is 245 g/mol. The fraction of sp³-hybridized carbons (Fsp3) is 0.438. The number of carbonyl (C=O) groups excluding carboxylic acids is 1. The number of benzene rings is 1. The summed E-state index contributed by atoms with van der Waals surface area (Å²) in [6.45, 7) is 8.88. The molecule has 0 saturated heterocycles. The Morgan fingerprint density at radius 2 is 1.78 bits per heavy atom. The van der Waals surface area contributed by atoms with Crippen molar-refractivity contribution in [1.82, 2.24) is 5.32 Å². The van der Waals surface area contributed by atoms with Gasteiger partial charge >= 0.3 is 0 Å². The molecule has 0 aliphatic carbocycles. The van der Waals surface area contributed by atoms with Crippen molar-refractivity contribution in [2.24, 2.45) is 0 Å². The van der Waals surface area contributed by atoms with Gasteiger partial charge in [0.2, 0.25) is 0 Å². The molecule has 98 valence electrons. The Morgan fingerprint density at radius 1 is 1.17 bits per heavy atom. The van der Waals surface area contributed by atoms with E-state index >= 15 is 0 Å². The maximum atomic E-state index is 12.2. The molecule has 0 saturated carbocycles. The summed E-state index contributed by atoms with van der Waals surface area (Å²) in [5.74, 6) is 0.0345. The van der Waals surface area contributed by atoms with Crippen molar-refractivity contribution in [1.29, 1.82) is 0 Å². The molecule has 0 unspecified atom stereocenters. The minimum Gasteiger partial charge on any atom is -0.352 e. The predicted molar refractivity (Wildman–Crippen MR) is 77.4 cm³/mol. The third-order valence-electron chi connectivity index (χ3n) is 2.88. The summed E-state index contributed by atoms with van der Waals surface area (Å²) >= 11 is 0. The van der Waals surface area contributed by atoms with Crippen LogP contribution in [0.15, 0.2) is 29.8 Å². The molecular formula is C16H23NO. The highest BCUT2D eigenvalue weighted by atomic mass is 16.1. The molecule has 0 spiro atoms. The van der Waals surface area contributed by atoms with E-state index in [0.717, 1.165) is 36.1 Å². The van der Waals surface area contributed by atoms with Gasteiger partial charge in [-0.05, 0) is 32.8 Å². The molecule has 1 N–H and O–H groups in total. The zero-order valence-electron chi connectivity index (χ0n) is 11.8. The summed E-state index contributed by atoms with van der Waals surface area (Å²) < 4.78 is 0. The molecule has 1 aromatic rings. The SMILES string of the molecule is CCCCNC(=O)C(=C(C)C)c1ccc(C)cc1. The second kappa shape index (κ2) is 7.00. The summed E-state index contributed by atoms with van der Waals surface area (Å²) in [7, 11) is 0. The van der Waals surface area contributed by atoms with Gasteiger partial charge in [-0.25, -0.2) is 0 Å². The van der Waals surface area contributed by atoms with Gasteiger partial charge in [-0.1, -0.05) is 48.7 Å². The second-order valence-corrected chi connectivity index (χ2v) is 4.85. The summed E-state index contributed by atoms with van der Waals surface area (Å²) in [5, 5.41) is 2.98. The number of unbranched alkanes of at least 4 members (excludes halogenated alkanes) is 1. The zero-order valence-corrected chi connectivity index (χ0v) is 11.8. The molecular weight excluding hydrogens is 222 g/mol. The van der Waals surface area contributed by atoms with Gasteiger partial charge < -0.3 is 5.32 Å². The lowest BCUT2D eigenvalue weighted by Gasteiger charge is -2.11. The molecule has 0 atom stereocenters. The quantitative estimate of drug-likeness (QED) is 0.622. The normalized spacial score (nSPS) is 10.0. The van der Waals surface area contributed by atoms with E-state index in [0.29, 0.717) is 0 Å². The number of hydrogen-bond acceptors (Lipinski definition) is 1. The predicted octanol–water partition coefficient (Wildman–Crippen LogP) is 3.70. The van der Waals surface area contributed by atoms with E-state index in [1.165, 1.54) is 5.56 Å². The maximum absolute atomic E-state index is 12.2. The monoisotopic (exact) mass is 245 g/mol. The average Bonchev–Trinajstić information content (AvgIpc) is 2.32. The summed E-state index contributed by atoms with van der Waals surface area (Å²) in [5.41, 5.74) is 4.05. The Labute approximate surface area is 110 Å². The molecule has 0 aliphatic rings. The Kier molecular flexibility index (Phi) is 5.63. The number of hydrogen-bond donors (Lipinski definition) is 1. The summed E-state index contributed by atoms with van der Waals surface area (Å²) in [6, 6.07) is 8.10. The fourth-order valence-electron chi connectivity index (χ4n) is 1.83. The molecule has 0 aliphatic heterocycles. The van der Waals surface area contributed by atoms with Crippen LogP contribution in [0.1, 0.15) is 44.7 Å². The fourth-order valence-corrected chi connectivity index (χ4v) is 1.83. The van der Waals surface area contributed by atoms with Gasteiger partial charge in [-0.2, -0.15) is 0 Å². The van der Waals surface area contributed by atoms with Gasteiger partial charge in [-0.3, -0.25) is 4.79 Å². The number of amides is 1. The van der Waals surface area contributed by atoms with Gasteiger partial charge in [0.25, 0.3) is 5.91 Å². The van der Waals surface area contributed by atoms with Crippen molar-refractivity contribution in [2.45, 2.75) is 40.5 Å². The lowest BCUT2D eigenvalue weighted by Crippen LogP contribution is -2.25. The molecule has 0 bridgehead atoms. The molecule has 18 heavy (non-hydrogen) atoms. The Hall–Kier alpha value is -1.57. The highest BCUT2D eigenvalue weighted by molar-refractivity contribution is 6.20. The van der Waals surface area contributed by atoms with E-state index in [4.69, 9.17) is 0 Å². The van der Waals surface area contributed by atoms with Crippen LogP contribution in [0.5, 0.6) is 0 Å². The third kappa shape index (κ3) is 4.02. The van der Waals surface area contributed by atoms with Gasteiger partial charge in [-0.15, -0.1) is 0 Å². The van der Waals surface area contributed by atoms with E-state index in [1.807, 2.05) is 45.0 Å². The van der Waals surface area contributed by atoms with Crippen molar-refractivity contribution in [2.75, 3.05) is 6.54 Å². The number of aryl methyl sites for hydroxylation is 1. The molecule has 1 aromatic carbocycles. The number of nitrogens with one attached hydrogen (secondary N) is 1. The summed E-state index contributed by atoms with van der Waals surface area (Å²) in [6.07, 6.45) is 2.12. The van der Waals surface area contributed by atoms with Crippen LogP contribution in [0.2, 0.25) is 0 Å². The van der Waals surface area contributed by atoms with Gasteiger partial charge in [0.05, 0.1) is 0 Å². The molecule has 0 fully saturated rings. The highest BCUT2D eigenvalue weighted by Crippen LogP contribution is 2.19. The molecule has 1 rings (SSSR count). The second-order valence-electron chi connectivity index (χ2n) is 4.85. The standard InChI is InChI=1S/C16H23NO/c1-5-6-11-17-16(18)15(12(2)3)14-9-7-13(4)8-10-14/h7-10H,5-6,11H2,1-4H3,(H,17,18). The Morgan fingerprint density at radius 3 is 2.28 bits per heavy atom. The van der Waals surface area contributed by atoms with Crippen LogP contribution in [-0.2, 0) is 4.79 Å². The van der Waals surface area contributed by atoms with Crippen molar-refractivity contribution in [3.8, 4) is 0 Å². The van der Waals surface area contributed by atoms with Crippen molar-refractivity contribution in [3.63, 3.8) is 0 Å². The van der Waals surface area contributed by atoms with Crippen LogP contribution in [0.25, 0.3) is 5.57 Å². The maximum Gasteiger partial charge on any atom is 0.251 e. The van der Waals surface area contributed by atoms with Crippen molar-refractivity contribution < 1.29 is 4.79 Å². The third-order valence-corrected chi connectivity index (χ3v) is 2.88. The lowest BCUT2D eigenvalue weighted by atomic mass is 9.99. The number of carbonyl (C=O) groups is 1. The Balaban J connectivity index is 2.88. The van der Waals surface area contributed by atoms with Crippen LogP contribution in [-0.4, -0.2) is 12.5 Å². The van der Waals surface area contributed by atoms with E-state index in [2.05, 4.69) is 12.2 Å². The first-order valence-corrected chi connectivity index (χ1v) is 6.59. The highest BCUT2D eigenvalue weighted by Gasteiger charge is 2.12. The van der Waals surface area contributed by atoms with Crippen LogP contribution in [0, 0.1) is 6.92 Å². The largest absolute Gasteiger partial charge is 0.352 e.